The highest BCUT2D eigenvalue weighted by molar-refractivity contribution is 5.94. The quantitative estimate of drug-likeness (QED) is 0.376. The Balaban J connectivity index is 1.06. The van der Waals surface area contributed by atoms with E-state index in [1.165, 1.54) is 12.1 Å². The molecular formula is C31H31F3N2O4. The van der Waals surface area contributed by atoms with Gasteiger partial charge in [0.2, 0.25) is 5.91 Å². The minimum absolute atomic E-state index is 0.0170. The molecule has 6 nitrogen and oxygen atoms in total. The summed E-state index contributed by atoms with van der Waals surface area (Å²) >= 11 is 0. The van der Waals surface area contributed by atoms with E-state index < -0.39 is 11.7 Å². The standard InChI is InChI=1S/C31H31F3N2O4/c1-39-25-8-2-21(3-9-25)18-28(37)35-24-19-30(20-24)14-16-36(17-15-30)29(38)22-4-10-26(11-5-22)40-27-12-6-23(7-13-27)31(32,33)34/h2-13,24H,14-20H2,1H3,(H,35,37). The number of alkyl halides is 3. The first-order chi connectivity index (χ1) is 19.1. The lowest BCUT2D eigenvalue weighted by atomic mass is 9.60. The van der Waals surface area contributed by atoms with E-state index in [0.29, 0.717) is 30.8 Å². The largest absolute Gasteiger partial charge is 0.497 e. The van der Waals surface area contributed by atoms with Crippen molar-refractivity contribution in [1.82, 2.24) is 10.2 Å². The van der Waals surface area contributed by atoms with Crippen LogP contribution in [0.25, 0.3) is 0 Å². The van der Waals surface area contributed by atoms with Crippen LogP contribution in [0.5, 0.6) is 17.2 Å². The zero-order chi connectivity index (χ0) is 28.3. The van der Waals surface area contributed by atoms with E-state index >= 15 is 0 Å². The van der Waals surface area contributed by atoms with Gasteiger partial charge in [0.15, 0.2) is 0 Å². The summed E-state index contributed by atoms with van der Waals surface area (Å²) in [5, 5.41) is 3.14. The van der Waals surface area contributed by atoms with Crippen molar-refractivity contribution < 1.29 is 32.2 Å². The monoisotopic (exact) mass is 552 g/mol. The van der Waals surface area contributed by atoms with Crippen LogP contribution < -0.4 is 14.8 Å². The molecule has 0 radical (unpaired) electrons. The predicted octanol–water partition coefficient (Wildman–Crippen LogP) is 6.25. The fourth-order valence-corrected chi connectivity index (χ4v) is 5.58. The fraction of sp³-hybridized carbons (Fsp3) is 0.355. The molecule has 1 heterocycles. The van der Waals surface area contributed by atoms with E-state index in [1.54, 1.807) is 31.4 Å². The van der Waals surface area contributed by atoms with Gasteiger partial charge in [-0.05, 0) is 97.3 Å². The third kappa shape index (κ3) is 6.41. The SMILES string of the molecule is COc1ccc(CC(=O)NC2CC3(CCN(C(=O)c4ccc(Oc5ccc(C(F)(F)F)cc5)cc4)CC3)C2)cc1. The number of nitrogens with zero attached hydrogens (tertiary/aromatic N) is 1. The summed E-state index contributed by atoms with van der Waals surface area (Å²) in [5.41, 5.74) is 0.913. The second kappa shape index (κ2) is 11.2. The van der Waals surface area contributed by atoms with Gasteiger partial charge in [0, 0.05) is 24.7 Å². The second-order valence-corrected chi connectivity index (χ2v) is 10.6. The van der Waals surface area contributed by atoms with Crippen LogP contribution in [0.1, 0.15) is 47.2 Å². The van der Waals surface area contributed by atoms with Crippen LogP contribution >= 0.6 is 0 Å². The van der Waals surface area contributed by atoms with E-state index in [1.807, 2.05) is 29.2 Å². The van der Waals surface area contributed by atoms with Crippen molar-refractivity contribution in [2.24, 2.45) is 5.41 Å². The predicted molar refractivity (Wildman–Crippen MR) is 143 cm³/mol. The zero-order valence-corrected chi connectivity index (χ0v) is 22.2. The Morgan fingerprint density at radius 2 is 1.43 bits per heavy atom. The number of halogens is 3. The average Bonchev–Trinajstić information content (AvgIpc) is 2.93. The summed E-state index contributed by atoms with van der Waals surface area (Å²) in [7, 11) is 1.61. The lowest BCUT2D eigenvalue weighted by Crippen LogP contribution is -2.55. The van der Waals surface area contributed by atoms with Gasteiger partial charge < -0.3 is 19.7 Å². The summed E-state index contributed by atoms with van der Waals surface area (Å²) in [6.07, 6.45) is -0.399. The van der Waals surface area contributed by atoms with Gasteiger partial charge in [0.05, 0.1) is 19.1 Å². The number of carbonyl (C=O) groups excluding carboxylic acids is 2. The highest BCUT2D eigenvalue weighted by Crippen LogP contribution is 2.49. The van der Waals surface area contributed by atoms with Crippen LogP contribution in [0.3, 0.4) is 0 Å². The Labute approximate surface area is 231 Å². The van der Waals surface area contributed by atoms with Crippen LogP contribution in [0, 0.1) is 5.41 Å². The number of hydrogen-bond donors (Lipinski definition) is 1. The van der Waals surface area contributed by atoms with Gasteiger partial charge >= 0.3 is 6.18 Å². The molecule has 1 aliphatic carbocycles. The molecule has 2 aliphatic rings. The molecule has 2 fully saturated rings. The third-order valence-corrected chi connectivity index (χ3v) is 7.88. The number of nitrogens with one attached hydrogen (secondary N) is 1. The number of benzene rings is 3. The molecule has 2 amide bonds. The van der Waals surface area contributed by atoms with Crippen LogP contribution in [0.2, 0.25) is 0 Å². The average molecular weight is 553 g/mol. The molecule has 0 unspecified atom stereocenters. The highest BCUT2D eigenvalue weighted by atomic mass is 19.4. The molecule has 210 valence electrons. The van der Waals surface area contributed by atoms with Crippen molar-refractivity contribution in [3.63, 3.8) is 0 Å². The topological polar surface area (TPSA) is 67.9 Å². The number of hydrogen-bond acceptors (Lipinski definition) is 4. The molecule has 3 aromatic rings. The lowest BCUT2D eigenvalue weighted by Gasteiger charge is -2.52. The first kappa shape index (κ1) is 27.6. The van der Waals surface area contributed by atoms with Crippen LogP contribution in [-0.4, -0.2) is 43.0 Å². The fourth-order valence-electron chi connectivity index (χ4n) is 5.58. The lowest BCUT2D eigenvalue weighted by molar-refractivity contribution is -0.137. The van der Waals surface area contributed by atoms with E-state index in [4.69, 9.17) is 9.47 Å². The molecule has 0 bridgehead atoms. The first-order valence-corrected chi connectivity index (χ1v) is 13.3. The van der Waals surface area contributed by atoms with Gasteiger partial charge in [-0.1, -0.05) is 12.1 Å². The molecule has 1 saturated carbocycles. The smallest absolute Gasteiger partial charge is 0.416 e. The third-order valence-electron chi connectivity index (χ3n) is 7.88. The number of rotatable bonds is 7. The molecule has 1 saturated heterocycles. The van der Waals surface area contributed by atoms with Gasteiger partial charge in [0.1, 0.15) is 17.2 Å². The molecule has 1 aliphatic heterocycles. The zero-order valence-electron chi connectivity index (χ0n) is 22.2. The molecule has 40 heavy (non-hydrogen) atoms. The van der Waals surface area contributed by atoms with Gasteiger partial charge in [-0.15, -0.1) is 0 Å². The van der Waals surface area contributed by atoms with Gasteiger partial charge in [-0.3, -0.25) is 9.59 Å². The summed E-state index contributed by atoms with van der Waals surface area (Å²) in [6, 6.07) is 18.8. The van der Waals surface area contributed by atoms with E-state index in [9.17, 15) is 22.8 Å². The molecule has 9 heteroatoms. The van der Waals surface area contributed by atoms with E-state index in [2.05, 4.69) is 5.32 Å². The molecule has 1 N–H and O–H groups in total. The van der Waals surface area contributed by atoms with Gasteiger partial charge in [-0.2, -0.15) is 13.2 Å². The van der Waals surface area contributed by atoms with Crippen LogP contribution in [0.4, 0.5) is 13.2 Å². The maximum Gasteiger partial charge on any atom is 0.416 e. The molecule has 1 spiro atoms. The van der Waals surface area contributed by atoms with E-state index in [-0.39, 0.29) is 29.0 Å². The minimum Gasteiger partial charge on any atom is -0.497 e. The van der Waals surface area contributed by atoms with Gasteiger partial charge in [0.25, 0.3) is 5.91 Å². The second-order valence-electron chi connectivity index (χ2n) is 10.6. The van der Waals surface area contributed by atoms with Crippen molar-refractivity contribution >= 4 is 11.8 Å². The van der Waals surface area contributed by atoms with Crippen LogP contribution in [0.15, 0.2) is 72.8 Å². The Morgan fingerprint density at radius 3 is 1.98 bits per heavy atom. The number of ether oxygens (including phenoxy) is 2. The Hall–Kier alpha value is -4.01. The van der Waals surface area contributed by atoms with Crippen molar-refractivity contribution in [2.45, 2.75) is 44.3 Å². The summed E-state index contributed by atoms with van der Waals surface area (Å²) in [6.45, 7) is 1.32. The van der Waals surface area contributed by atoms with E-state index in [0.717, 1.165) is 49.1 Å². The highest BCUT2D eigenvalue weighted by Gasteiger charge is 2.46. The van der Waals surface area contributed by atoms with Crippen molar-refractivity contribution in [3.05, 3.63) is 89.5 Å². The number of likely N-dealkylation sites (tertiary alicyclic amines) is 1. The number of amides is 2. The normalized spacial score (nSPS) is 16.8. The molecule has 0 atom stereocenters. The number of piperidine rings is 1. The number of methoxy groups -OCH3 is 1. The van der Waals surface area contributed by atoms with Crippen molar-refractivity contribution in [3.8, 4) is 17.2 Å². The molecule has 3 aromatic carbocycles. The molecule has 0 aromatic heterocycles. The summed E-state index contributed by atoms with van der Waals surface area (Å²) < 4.78 is 49.0. The summed E-state index contributed by atoms with van der Waals surface area (Å²) in [5.74, 6) is 1.44. The van der Waals surface area contributed by atoms with Crippen LogP contribution in [-0.2, 0) is 17.4 Å². The maximum atomic E-state index is 13.1. The maximum absolute atomic E-state index is 13.1. The molecular weight excluding hydrogens is 521 g/mol. The number of carbonyl (C=O) groups is 2. The van der Waals surface area contributed by atoms with Gasteiger partial charge in [-0.25, -0.2) is 0 Å². The minimum atomic E-state index is -4.40. The first-order valence-electron chi connectivity index (χ1n) is 13.3. The Bertz CT molecular complexity index is 1320. The molecule has 5 rings (SSSR count). The Morgan fingerprint density at radius 1 is 0.875 bits per heavy atom. The van der Waals surface area contributed by atoms with Crippen molar-refractivity contribution in [2.75, 3.05) is 20.2 Å². The van der Waals surface area contributed by atoms with Crippen molar-refractivity contribution in [1.29, 1.82) is 0 Å². The Kier molecular flexibility index (Phi) is 7.74. The summed E-state index contributed by atoms with van der Waals surface area (Å²) in [4.78, 5) is 27.4.